The van der Waals surface area contributed by atoms with Crippen LogP contribution in [0.2, 0.25) is 18.1 Å². The number of allylic oxidation sites excluding steroid dienone is 1. The Morgan fingerprint density at radius 2 is 1.81 bits per heavy atom. The molecule has 5 heteroatoms. The fraction of sp³-hybridized carbons (Fsp3) is 0.818. The molecule has 0 amide bonds. The van der Waals surface area contributed by atoms with Crippen LogP contribution in [-0.4, -0.2) is 32.8 Å². The Bertz CT molecular complexity index is 517. The Morgan fingerprint density at radius 3 is 2.44 bits per heavy atom. The highest BCUT2D eigenvalue weighted by atomic mass is 28.4. The van der Waals surface area contributed by atoms with Gasteiger partial charge in [-0.15, -0.1) is 0 Å². The molecule has 0 aliphatic heterocycles. The second kappa shape index (κ2) is 11.2. The Kier molecular flexibility index (Phi) is 9.95. The average molecular weight is 397 g/mol. The van der Waals surface area contributed by atoms with E-state index in [1.165, 1.54) is 0 Å². The molecule has 27 heavy (non-hydrogen) atoms. The number of hydrogen-bond donors (Lipinski definition) is 0. The SMILES string of the molecule is CCCCOC(=O)CCCCCCC1=C[C@H](O[Si](C)(C)C(C)(C)C)CC1=O. The van der Waals surface area contributed by atoms with Gasteiger partial charge in [0.15, 0.2) is 14.1 Å². The predicted molar refractivity (Wildman–Crippen MR) is 113 cm³/mol. The third kappa shape index (κ3) is 8.73. The van der Waals surface area contributed by atoms with Crippen molar-refractivity contribution in [2.24, 2.45) is 0 Å². The molecule has 0 radical (unpaired) electrons. The van der Waals surface area contributed by atoms with Crippen molar-refractivity contribution < 1.29 is 18.8 Å². The van der Waals surface area contributed by atoms with Gasteiger partial charge in [0.05, 0.1) is 12.7 Å². The smallest absolute Gasteiger partial charge is 0.305 e. The monoisotopic (exact) mass is 396 g/mol. The molecule has 0 aromatic carbocycles. The van der Waals surface area contributed by atoms with E-state index in [4.69, 9.17) is 9.16 Å². The van der Waals surface area contributed by atoms with Gasteiger partial charge in [-0.25, -0.2) is 0 Å². The van der Waals surface area contributed by atoms with E-state index in [1.807, 2.05) is 0 Å². The standard InChI is InChI=1S/C22H40O4Si/c1-7-8-15-25-21(24)14-12-10-9-11-13-18-16-19(17-20(18)23)26-27(5,6)22(2,3)4/h16,19H,7-15,17H2,1-6H3/t19-/m0/s1. The molecule has 0 saturated carbocycles. The lowest BCUT2D eigenvalue weighted by molar-refractivity contribution is -0.143. The number of hydrogen-bond acceptors (Lipinski definition) is 4. The van der Waals surface area contributed by atoms with Crippen LogP contribution >= 0.6 is 0 Å². The van der Waals surface area contributed by atoms with E-state index in [-0.39, 0.29) is 22.9 Å². The average Bonchev–Trinajstić information content (AvgIpc) is 2.88. The minimum Gasteiger partial charge on any atom is -0.466 e. The zero-order valence-electron chi connectivity index (χ0n) is 18.4. The van der Waals surface area contributed by atoms with Crippen molar-refractivity contribution >= 4 is 20.1 Å². The number of Topliss-reactive ketones (excluding diaryl/α,β-unsaturated/α-hetero) is 1. The molecular formula is C22H40O4Si. The summed E-state index contributed by atoms with van der Waals surface area (Å²) in [6.07, 6.45) is 9.77. The maximum atomic E-state index is 12.3. The fourth-order valence-corrected chi connectivity index (χ4v) is 4.15. The lowest BCUT2D eigenvalue weighted by Crippen LogP contribution is -2.43. The maximum Gasteiger partial charge on any atom is 0.305 e. The van der Waals surface area contributed by atoms with Crippen LogP contribution in [-0.2, 0) is 18.8 Å². The fourth-order valence-electron chi connectivity index (χ4n) is 2.88. The minimum absolute atomic E-state index is 0.0358. The maximum absolute atomic E-state index is 12.3. The van der Waals surface area contributed by atoms with Crippen molar-refractivity contribution in [2.45, 2.75) is 110 Å². The largest absolute Gasteiger partial charge is 0.466 e. The quantitative estimate of drug-likeness (QED) is 0.232. The van der Waals surface area contributed by atoms with Crippen LogP contribution in [0.5, 0.6) is 0 Å². The number of ether oxygens (including phenoxy) is 1. The molecule has 0 spiro atoms. The van der Waals surface area contributed by atoms with Gasteiger partial charge in [0, 0.05) is 12.8 Å². The van der Waals surface area contributed by atoms with Gasteiger partial charge >= 0.3 is 5.97 Å². The summed E-state index contributed by atoms with van der Waals surface area (Å²) in [5.41, 5.74) is 0.942. The van der Waals surface area contributed by atoms with Gasteiger partial charge in [-0.1, -0.05) is 47.0 Å². The number of esters is 1. The number of carbonyl (C=O) groups is 2. The molecule has 156 valence electrons. The summed E-state index contributed by atoms with van der Waals surface area (Å²) in [7, 11) is -1.84. The Hall–Kier alpha value is -0.943. The molecule has 0 unspecified atom stereocenters. The zero-order chi connectivity index (χ0) is 20.5. The summed E-state index contributed by atoms with van der Waals surface area (Å²) in [6, 6.07) is 0. The molecule has 0 saturated heterocycles. The summed E-state index contributed by atoms with van der Waals surface area (Å²) < 4.78 is 11.5. The zero-order valence-corrected chi connectivity index (χ0v) is 19.4. The van der Waals surface area contributed by atoms with Gasteiger partial charge in [-0.2, -0.15) is 0 Å². The van der Waals surface area contributed by atoms with E-state index in [0.717, 1.165) is 50.5 Å². The normalized spacial score (nSPS) is 17.9. The van der Waals surface area contributed by atoms with Crippen LogP contribution in [0.1, 0.15) is 85.5 Å². The van der Waals surface area contributed by atoms with Gasteiger partial charge in [0.2, 0.25) is 0 Å². The molecule has 0 aromatic rings. The Morgan fingerprint density at radius 1 is 1.15 bits per heavy atom. The molecule has 0 aromatic heterocycles. The molecule has 0 N–H and O–H groups in total. The van der Waals surface area contributed by atoms with E-state index >= 15 is 0 Å². The van der Waals surface area contributed by atoms with Crippen LogP contribution in [0.15, 0.2) is 11.6 Å². The van der Waals surface area contributed by atoms with Crippen molar-refractivity contribution in [3.8, 4) is 0 Å². The van der Waals surface area contributed by atoms with Crippen LogP contribution in [0.4, 0.5) is 0 Å². The minimum atomic E-state index is -1.84. The molecule has 0 fully saturated rings. The van der Waals surface area contributed by atoms with Crippen molar-refractivity contribution in [1.82, 2.24) is 0 Å². The Balaban J connectivity index is 2.25. The molecule has 0 heterocycles. The van der Waals surface area contributed by atoms with Crippen molar-refractivity contribution in [2.75, 3.05) is 6.61 Å². The summed E-state index contributed by atoms with van der Waals surface area (Å²) in [6.45, 7) is 13.8. The molecular weight excluding hydrogens is 356 g/mol. The van der Waals surface area contributed by atoms with Crippen LogP contribution < -0.4 is 0 Å². The molecule has 1 aliphatic carbocycles. The van der Waals surface area contributed by atoms with Gasteiger partial charge < -0.3 is 9.16 Å². The first-order valence-corrected chi connectivity index (χ1v) is 13.5. The first-order chi connectivity index (χ1) is 12.6. The first kappa shape index (κ1) is 24.1. The second-order valence-electron chi connectivity index (χ2n) is 9.22. The molecule has 1 rings (SSSR count). The summed E-state index contributed by atoms with van der Waals surface area (Å²) in [5, 5.41) is 0.157. The van der Waals surface area contributed by atoms with E-state index in [1.54, 1.807) is 0 Å². The first-order valence-electron chi connectivity index (χ1n) is 10.6. The lowest BCUT2D eigenvalue weighted by Gasteiger charge is -2.37. The second-order valence-corrected chi connectivity index (χ2v) is 14.0. The summed E-state index contributed by atoms with van der Waals surface area (Å²) in [5.74, 6) is 0.168. The van der Waals surface area contributed by atoms with Gasteiger partial charge in [-0.3, -0.25) is 9.59 Å². The highest BCUT2D eigenvalue weighted by molar-refractivity contribution is 6.74. The summed E-state index contributed by atoms with van der Waals surface area (Å²) in [4.78, 5) is 23.8. The van der Waals surface area contributed by atoms with E-state index in [2.05, 4.69) is 46.9 Å². The molecule has 1 aliphatic rings. The van der Waals surface area contributed by atoms with Crippen molar-refractivity contribution in [1.29, 1.82) is 0 Å². The van der Waals surface area contributed by atoms with Gasteiger partial charge in [0.25, 0.3) is 0 Å². The van der Waals surface area contributed by atoms with Gasteiger partial charge in [-0.05, 0) is 55.5 Å². The third-order valence-electron chi connectivity index (χ3n) is 5.72. The number of rotatable bonds is 12. The molecule has 4 nitrogen and oxygen atoms in total. The van der Waals surface area contributed by atoms with E-state index < -0.39 is 8.32 Å². The highest BCUT2D eigenvalue weighted by Crippen LogP contribution is 2.39. The number of ketones is 1. The van der Waals surface area contributed by atoms with Crippen LogP contribution in [0, 0.1) is 0 Å². The topological polar surface area (TPSA) is 52.6 Å². The predicted octanol–water partition coefficient (Wildman–Crippen LogP) is 5.96. The van der Waals surface area contributed by atoms with Crippen LogP contribution in [0.25, 0.3) is 0 Å². The molecule has 0 bridgehead atoms. The summed E-state index contributed by atoms with van der Waals surface area (Å²) >= 11 is 0. The van der Waals surface area contributed by atoms with Gasteiger partial charge in [0.1, 0.15) is 0 Å². The Labute approximate surface area is 167 Å². The van der Waals surface area contributed by atoms with E-state index in [0.29, 0.717) is 19.4 Å². The third-order valence-corrected chi connectivity index (χ3v) is 10.2. The number of unbranched alkanes of at least 4 members (excludes halogenated alkanes) is 4. The van der Waals surface area contributed by atoms with Crippen LogP contribution in [0.3, 0.4) is 0 Å². The van der Waals surface area contributed by atoms with Crippen molar-refractivity contribution in [3.63, 3.8) is 0 Å². The highest BCUT2D eigenvalue weighted by Gasteiger charge is 2.40. The van der Waals surface area contributed by atoms with E-state index in [9.17, 15) is 9.59 Å². The lowest BCUT2D eigenvalue weighted by atomic mass is 10.0. The molecule has 1 atom stereocenters. The van der Waals surface area contributed by atoms with Crippen molar-refractivity contribution in [3.05, 3.63) is 11.6 Å². The number of carbonyl (C=O) groups excluding carboxylic acids is 2.